The summed E-state index contributed by atoms with van der Waals surface area (Å²) < 4.78 is 0. The van der Waals surface area contributed by atoms with Gasteiger partial charge in [-0.1, -0.05) is 143 Å². The quantitative estimate of drug-likeness (QED) is 0.164. The summed E-state index contributed by atoms with van der Waals surface area (Å²) in [5, 5.41) is 5.38. The molecule has 0 fully saturated rings. The second kappa shape index (κ2) is 10.4. The smallest absolute Gasteiger partial charge is 0.0207 e. The highest BCUT2D eigenvalue weighted by atomic mass is 32.2. The molecule has 248 valence electrons. The Labute approximate surface area is 310 Å². The predicted molar refractivity (Wildman–Crippen MR) is 222 cm³/mol. The lowest BCUT2D eigenvalue weighted by atomic mass is 9.81. The summed E-state index contributed by atoms with van der Waals surface area (Å²) in [6.07, 6.45) is 0. The minimum Gasteiger partial charge on any atom is -0.0888 e. The van der Waals surface area contributed by atoms with Gasteiger partial charge in [0.15, 0.2) is 0 Å². The SMILES string of the molecule is Cc1cc(-c2ccc3c(c2)C(C)(C)c2ccccc2-3)cc2c1cc1c3c(cccc32)Sc2cc(-c3ccc4c(c3)C(C)(C)c3ccccc3-4)ccc2-1. The van der Waals surface area contributed by atoms with E-state index in [9.17, 15) is 0 Å². The molecule has 0 spiro atoms. The molecule has 0 saturated heterocycles. The standard InChI is InChI=1S/C51H38S/c1-29-23-33(31-18-21-37-35-12-7-9-15-44(35)51(4,5)46(37)26-31)24-41-39-13-10-16-47-49(39)42(28-40(29)41)38-22-19-32(27-48(38)52-47)30-17-20-36-34-11-6-8-14-43(34)50(2,3)45(36)25-30/h6-28H,1-5H3. The van der Waals surface area contributed by atoms with Crippen LogP contribution in [0.25, 0.3) is 77.2 Å². The molecule has 0 bridgehead atoms. The normalized spacial score (nSPS) is 15.2. The molecule has 0 aromatic heterocycles. The Bertz CT molecular complexity index is 2880. The Morgan fingerprint density at radius 3 is 1.58 bits per heavy atom. The van der Waals surface area contributed by atoms with Crippen LogP contribution in [-0.2, 0) is 10.8 Å². The van der Waals surface area contributed by atoms with E-state index in [-0.39, 0.29) is 10.8 Å². The molecule has 1 heteroatoms. The second-order valence-corrected chi connectivity index (χ2v) is 17.2. The van der Waals surface area contributed by atoms with Gasteiger partial charge >= 0.3 is 0 Å². The zero-order valence-corrected chi connectivity index (χ0v) is 31.0. The van der Waals surface area contributed by atoms with Crippen LogP contribution in [0.3, 0.4) is 0 Å². The van der Waals surface area contributed by atoms with E-state index in [1.54, 1.807) is 0 Å². The van der Waals surface area contributed by atoms with Gasteiger partial charge in [-0.15, -0.1) is 0 Å². The van der Waals surface area contributed by atoms with Crippen LogP contribution in [0.1, 0.15) is 55.5 Å². The summed E-state index contributed by atoms with van der Waals surface area (Å²) in [7, 11) is 0. The van der Waals surface area contributed by atoms with Crippen LogP contribution in [-0.4, -0.2) is 0 Å². The minimum absolute atomic E-state index is 0.0127. The first-order valence-corrected chi connectivity index (χ1v) is 19.3. The molecule has 3 aliphatic rings. The van der Waals surface area contributed by atoms with E-state index in [0.717, 1.165) is 0 Å². The predicted octanol–water partition coefficient (Wildman–Crippen LogP) is 14.4. The largest absolute Gasteiger partial charge is 0.0888 e. The third-order valence-electron chi connectivity index (χ3n) is 12.6. The van der Waals surface area contributed by atoms with Gasteiger partial charge in [0.1, 0.15) is 0 Å². The first-order valence-electron chi connectivity index (χ1n) is 18.5. The highest BCUT2D eigenvalue weighted by Crippen LogP contribution is 2.54. The van der Waals surface area contributed by atoms with E-state index in [2.05, 4.69) is 174 Å². The molecule has 2 aliphatic carbocycles. The van der Waals surface area contributed by atoms with Crippen molar-refractivity contribution < 1.29 is 0 Å². The molecule has 8 aromatic carbocycles. The topological polar surface area (TPSA) is 0 Å². The fourth-order valence-electron chi connectivity index (χ4n) is 9.82. The van der Waals surface area contributed by atoms with Crippen molar-refractivity contribution in [3.63, 3.8) is 0 Å². The fraction of sp³-hybridized carbons (Fsp3) is 0.137. The van der Waals surface area contributed by atoms with E-state index >= 15 is 0 Å². The molecule has 1 heterocycles. The van der Waals surface area contributed by atoms with E-state index in [0.29, 0.717) is 0 Å². The summed E-state index contributed by atoms with van der Waals surface area (Å²) in [4.78, 5) is 2.67. The van der Waals surface area contributed by atoms with Gasteiger partial charge in [0.25, 0.3) is 0 Å². The third kappa shape index (κ3) is 4.01. The van der Waals surface area contributed by atoms with Gasteiger partial charge in [0, 0.05) is 26.0 Å². The first kappa shape index (κ1) is 30.3. The Balaban J connectivity index is 1.02. The van der Waals surface area contributed by atoms with Crippen molar-refractivity contribution in [3.8, 4) is 55.6 Å². The molecular weight excluding hydrogens is 645 g/mol. The van der Waals surface area contributed by atoms with Crippen LogP contribution in [0.15, 0.2) is 149 Å². The van der Waals surface area contributed by atoms with E-state index < -0.39 is 0 Å². The average molecular weight is 683 g/mol. The molecule has 0 N–H and O–H groups in total. The van der Waals surface area contributed by atoms with Crippen LogP contribution in [0.4, 0.5) is 0 Å². The van der Waals surface area contributed by atoms with Gasteiger partial charge in [0.2, 0.25) is 0 Å². The minimum atomic E-state index is -0.0191. The monoisotopic (exact) mass is 682 g/mol. The Hall–Kier alpha value is -5.37. The van der Waals surface area contributed by atoms with Crippen LogP contribution in [0.5, 0.6) is 0 Å². The summed E-state index contributed by atoms with van der Waals surface area (Å²) in [6.45, 7) is 11.8. The van der Waals surface area contributed by atoms with Crippen molar-refractivity contribution >= 4 is 33.3 Å². The molecule has 0 saturated carbocycles. The lowest BCUT2D eigenvalue weighted by molar-refractivity contribution is 0.660. The number of hydrogen-bond donors (Lipinski definition) is 0. The van der Waals surface area contributed by atoms with Crippen LogP contribution >= 0.6 is 11.8 Å². The van der Waals surface area contributed by atoms with Gasteiger partial charge in [-0.2, -0.15) is 0 Å². The molecule has 52 heavy (non-hydrogen) atoms. The first-order chi connectivity index (χ1) is 25.2. The van der Waals surface area contributed by atoms with Crippen LogP contribution in [0, 0.1) is 6.92 Å². The van der Waals surface area contributed by atoms with E-state index in [1.807, 2.05) is 11.8 Å². The van der Waals surface area contributed by atoms with Crippen molar-refractivity contribution in [1.82, 2.24) is 0 Å². The second-order valence-electron chi connectivity index (χ2n) is 16.2. The summed E-state index contributed by atoms with van der Waals surface area (Å²) >= 11 is 1.92. The van der Waals surface area contributed by atoms with Crippen molar-refractivity contribution in [1.29, 1.82) is 0 Å². The van der Waals surface area contributed by atoms with Gasteiger partial charge in [-0.3, -0.25) is 0 Å². The van der Waals surface area contributed by atoms with E-state index in [4.69, 9.17) is 0 Å². The zero-order valence-electron chi connectivity index (χ0n) is 30.2. The zero-order chi connectivity index (χ0) is 35.1. The summed E-state index contributed by atoms with van der Waals surface area (Å²) in [5.74, 6) is 0. The Morgan fingerprint density at radius 1 is 0.365 bits per heavy atom. The van der Waals surface area contributed by atoms with Gasteiger partial charge in [0.05, 0.1) is 0 Å². The van der Waals surface area contributed by atoms with Crippen molar-refractivity contribution in [2.75, 3.05) is 0 Å². The lowest BCUT2D eigenvalue weighted by Crippen LogP contribution is -2.14. The van der Waals surface area contributed by atoms with Crippen molar-refractivity contribution in [2.45, 2.75) is 55.2 Å². The number of fused-ring (bicyclic) bond motifs is 10. The third-order valence-corrected chi connectivity index (χ3v) is 13.7. The number of hydrogen-bond acceptors (Lipinski definition) is 1. The molecular formula is C51H38S. The molecule has 0 amide bonds. The molecule has 0 radical (unpaired) electrons. The highest BCUT2D eigenvalue weighted by molar-refractivity contribution is 7.99. The van der Waals surface area contributed by atoms with Gasteiger partial charge in [-0.25, -0.2) is 0 Å². The lowest BCUT2D eigenvalue weighted by Gasteiger charge is -2.24. The van der Waals surface area contributed by atoms with Gasteiger partial charge < -0.3 is 0 Å². The summed E-state index contributed by atoms with van der Waals surface area (Å²) in [6, 6.07) is 53.4. The average Bonchev–Trinajstić information content (AvgIpc) is 3.54. The van der Waals surface area contributed by atoms with Crippen LogP contribution in [0.2, 0.25) is 0 Å². The summed E-state index contributed by atoms with van der Waals surface area (Å²) in [5.41, 5.74) is 20.3. The maximum Gasteiger partial charge on any atom is 0.0207 e. The Morgan fingerprint density at radius 2 is 0.923 bits per heavy atom. The fourth-order valence-corrected chi connectivity index (χ4v) is 11.0. The molecule has 8 aromatic rings. The molecule has 11 rings (SSSR count). The maximum absolute atomic E-state index is 2.47. The number of aryl methyl sites for hydroxylation is 1. The van der Waals surface area contributed by atoms with Crippen molar-refractivity contribution in [2.24, 2.45) is 0 Å². The van der Waals surface area contributed by atoms with E-state index in [1.165, 1.54) is 115 Å². The van der Waals surface area contributed by atoms with Crippen molar-refractivity contribution in [3.05, 3.63) is 167 Å². The van der Waals surface area contributed by atoms with Crippen LogP contribution < -0.4 is 0 Å². The number of benzene rings is 8. The highest BCUT2D eigenvalue weighted by Gasteiger charge is 2.36. The Kier molecular flexibility index (Phi) is 6.04. The molecule has 0 unspecified atom stereocenters. The van der Waals surface area contributed by atoms with Gasteiger partial charge in [-0.05, 0) is 143 Å². The molecule has 1 aliphatic heterocycles. The molecule has 0 nitrogen and oxygen atoms in total. The molecule has 0 atom stereocenters. The maximum atomic E-state index is 2.47. The number of rotatable bonds is 2.